The molecule has 0 bridgehead atoms. The molecule has 0 unspecified atom stereocenters. The Morgan fingerprint density at radius 1 is 0.957 bits per heavy atom. The minimum atomic E-state index is -4.68. The van der Waals surface area contributed by atoms with Crippen LogP contribution in [0.25, 0.3) is 0 Å². The van der Waals surface area contributed by atoms with E-state index in [1.54, 1.807) is 0 Å². The summed E-state index contributed by atoms with van der Waals surface area (Å²) in [6.45, 7) is 2.96. The summed E-state index contributed by atoms with van der Waals surface area (Å²) in [6.07, 6.45) is 0. The molecule has 6 heteroatoms. The number of hydrogen-bond acceptors (Lipinski definition) is 5. The lowest BCUT2D eigenvalue weighted by Gasteiger charge is -2.29. The average molecular weight is 334 g/mol. The van der Waals surface area contributed by atoms with E-state index in [-0.39, 0.29) is 12.6 Å². The second-order valence-electron chi connectivity index (χ2n) is 5.42. The summed E-state index contributed by atoms with van der Waals surface area (Å²) >= 11 is 0. The fourth-order valence-electron chi connectivity index (χ4n) is 2.29. The van der Waals surface area contributed by atoms with Gasteiger partial charge in [-0.3, -0.25) is 9.08 Å². The summed E-state index contributed by atoms with van der Waals surface area (Å²) in [4.78, 5) is 2.08. The van der Waals surface area contributed by atoms with Crippen molar-refractivity contribution in [2.75, 3.05) is 6.61 Å². The molecular weight excluding hydrogens is 314 g/mol. The topological polar surface area (TPSA) is 69.7 Å². The van der Waals surface area contributed by atoms with Crippen molar-refractivity contribution < 1.29 is 17.2 Å². The quantitative estimate of drug-likeness (QED) is 0.548. The molecule has 0 aliphatic carbocycles. The normalized spacial score (nSPS) is 13.2. The van der Waals surface area contributed by atoms with Crippen molar-refractivity contribution in [1.29, 1.82) is 0 Å². The highest BCUT2D eigenvalue weighted by atomic mass is 32.3. The zero-order valence-electron chi connectivity index (χ0n) is 13.0. The van der Waals surface area contributed by atoms with Crippen LogP contribution in [0.3, 0.4) is 0 Å². The first kappa shape index (κ1) is 17.6. The highest BCUT2D eigenvalue weighted by molar-refractivity contribution is 7.80. The molecule has 0 heterocycles. The number of nitrogens with zero attached hydrogens (tertiary/aromatic N) is 1. The van der Waals surface area contributed by atoms with Gasteiger partial charge in [0.25, 0.3) is 0 Å². The first-order chi connectivity index (χ1) is 10.9. The summed E-state index contributed by atoms with van der Waals surface area (Å²) in [7, 11) is -4.68. The van der Waals surface area contributed by atoms with Gasteiger partial charge in [-0.1, -0.05) is 60.7 Å². The Morgan fingerprint density at radius 3 is 1.78 bits per heavy atom. The molecule has 0 fully saturated rings. The van der Waals surface area contributed by atoms with Gasteiger partial charge < -0.3 is 4.55 Å². The minimum Gasteiger partial charge on any atom is -0.726 e. The lowest BCUT2D eigenvalue weighted by Crippen LogP contribution is -2.36. The molecule has 1 atom stereocenters. The molecule has 2 aromatic carbocycles. The Hall–Kier alpha value is -1.73. The van der Waals surface area contributed by atoms with Gasteiger partial charge in [-0.25, -0.2) is 8.42 Å². The Bertz CT molecular complexity index is 648. The first-order valence-electron chi connectivity index (χ1n) is 7.36. The van der Waals surface area contributed by atoms with Gasteiger partial charge in [0.2, 0.25) is 10.4 Å². The Morgan fingerprint density at radius 2 is 1.39 bits per heavy atom. The maximum atomic E-state index is 10.7. The van der Waals surface area contributed by atoms with Crippen molar-refractivity contribution in [3.05, 3.63) is 71.8 Å². The van der Waals surface area contributed by atoms with Crippen LogP contribution in [0.15, 0.2) is 60.7 Å². The highest BCUT2D eigenvalue weighted by Crippen LogP contribution is 2.14. The van der Waals surface area contributed by atoms with E-state index in [4.69, 9.17) is 0 Å². The van der Waals surface area contributed by atoms with Crippen LogP contribution in [0.4, 0.5) is 0 Å². The third-order valence-electron chi connectivity index (χ3n) is 3.53. The third kappa shape index (κ3) is 6.50. The van der Waals surface area contributed by atoms with Crippen molar-refractivity contribution in [1.82, 2.24) is 4.90 Å². The molecule has 2 rings (SSSR count). The second-order valence-corrected chi connectivity index (χ2v) is 6.47. The molecule has 0 aliphatic heterocycles. The zero-order valence-corrected chi connectivity index (χ0v) is 13.8. The molecule has 0 aliphatic rings. The lowest BCUT2D eigenvalue weighted by molar-refractivity contribution is 0.126. The molecule has 124 valence electrons. The number of hydrogen-bond donors (Lipinski definition) is 0. The summed E-state index contributed by atoms with van der Waals surface area (Å²) < 4.78 is 36.5. The first-order valence-corrected chi connectivity index (χ1v) is 8.69. The van der Waals surface area contributed by atoms with E-state index >= 15 is 0 Å². The molecule has 2 aromatic rings. The SMILES string of the molecule is C[C@@H](COS(=O)(=O)[O-])N(Cc1ccccc1)Cc1ccccc1. The number of benzene rings is 2. The van der Waals surface area contributed by atoms with Crippen molar-refractivity contribution >= 4 is 10.4 Å². The van der Waals surface area contributed by atoms with Gasteiger partial charge in [0.1, 0.15) is 0 Å². The van der Waals surface area contributed by atoms with Gasteiger partial charge in [0.15, 0.2) is 0 Å². The van der Waals surface area contributed by atoms with E-state index in [0.29, 0.717) is 13.1 Å². The molecular formula is C17H20NO4S-. The van der Waals surface area contributed by atoms with Crippen LogP contribution in [-0.2, 0) is 27.7 Å². The van der Waals surface area contributed by atoms with E-state index < -0.39 is 10.4 Å². The van der Waals surface area contributed by atoms with Gasteiger partial charge >= 0.3 is 0 Å². The Kier molecular flexibility index (Phi) is 6.29. The van der Waals surface area contributed by atoms with Crippen LogP contribution in [0, 0.1) is 0 Å². The largest absolute Gasteiger partial charge is 0.726 e. The van der Waals surface area contributed by atoms with Gasteiger partial charge in [-0.15, -0.1) is 0 Å². The molecule has 23 heavy (non-hydrogen) atoms. The zero-order chi connectivity index (χ0) is 16.7. The average Bonchev–Trinajstić information content (AvgIpc) is 2.53. The van der Waals surface area contributed by atoms with Crippen LogP contribution < -0.4 is 0 Å². The molecule has 0 saturated carbocycles. The van der Waals surface area contributed by atoms with Gasteiger partial charge in [-0.05, 0) is 18.1 Å². The van der Waals surface area contributed by atoms with E-state index in [0.717, 1.165) is 11.1 Å². The maximum Gasteiger partial charge on any atom is 0.217 e. The van der Waals surface area contributed by atoms with Crippen molar-refractivity contribution in [2.24, 2.45) is 0 Å². The van der Waals surface area contributed by atoms with Gasteiger partial charge in [0.05, 0.1) is 6.61 Å². The summed E-state index contributed by atoms with van der Waals surface area (Å²) in [5.74, 6) is 0. The highest BCUT2D eigenvalue weighted by Gasteiger charge is 2.16. The fraction of sp³-hybridized carbons (Fsp3) is 0.294. The van der Waals surface area contributed by atoms with E-state index in [9.17, 15) is 13.0 Å². The second kappa shape index (κ2) is 8.21. The predicted octanol–water partition coefficient (Wildman–Crippen LogP) is 2.55. The Balaban J connectivity index is 2.10. The molecule has 0 aromatic heterocycles. The molecule has 5 nitrogen and oxygen atoms in total. The third-order valence-corrected chi connectivity index (χ3v) is 3.96. The van der Waals surface area contributed by atoms with Gasteiger partial charge in [0, 0.05) is 19.1 Å². The molecule has 0 saturated heterocycles. The monoisotopic (exact) mass is 334 g/mol. The van der Waals surface area contributed by atoms with Crippen LogP contribution in [0.1, 0.15) is 18.1 Å². The molecule has 0 spiro atoms. The Labute approximate surface area is 137 Å². The summed E-state index contributed by atoms with van der Waals surface area (Å²) in [6, 6.07) is 19.5. The fourth-order valence-corrected chi connectivity index (χ4v) is 2.65. The molecule has 0 amide bonds. The van der Waals surface area contributed by atoms with E-state index in [2.05, 4.69) is 9.08 Å². The van der Waals surface area contributed by atoms with E-state index in [1.807, 2.05) is 67.6 Å². The van der Waals surface area contributed by atoms with Crippen LogP contribution in [0.5, 0.6) is 0 Å². The molecule has 0 radical (unpaired) electrons. The maximum absolute atomic E-state index is 10.7. The number of rotatable bonds is 8. The van der Waals surface area contributed by atoms with Crippen molar-refractivity contribution in [3.63, 3.8) is 0 Å². The van der Waals surface area contributed by atoms with Crippen molar-refractivity contribution in [3.8, 4) is 0 Å². The lowest BCUT2D eigenvalue weighted by atomic mass is 10.1. The summed E-state index contributed by atoms with van der Waals surface area (Å²) in [5.41, 5.74) is 2.22. The van der Waals surface area contributed by atoms with Crippen LogP contribution in [-0.4, -0.2) is 30.5 Å². The molecule has 0 N–H and O–H groups in total. The predicted molar refractivity (Wildman–Crippen MR) is 87.2 cm³/mol. The van der Waals surface area contributed by atoms with Gasteiger partial charge in [-0.2, -0.15) is 0 Å². The standard InChI is InChI=1S/C17H21NO4S/c1-15(14-22-23(19,20)21)18(12-16-8-4-2-5-9-16)13-17-10-6-3-7-11-17/h2-11,15H,12-14H2,1H3,(H,19,20,21)/p-1/t15-/m0/s1. The van der Waals surface area contributed by atoms with E-state index in [1.165, 1.54) is 0 Å². The smallest absolute Gasteiger partial charge is 0.217 e. The van der Waals surface area contributed by atoms with Crippen LogP contribution in [0.2, 0.25) is 0 Å². The van der Waals surface area contributed by atoms with Crippen molar-refractivity contribution in [2.45, 2.75) is 26.1 Å². The minimum absolute atomic E-state index is 0.161. The van der Waals surface area contributed by atoms with Crippen LogP contribution >= 0.6 is 0 Å². The summed E-state index contributed by atoms with van der Waals surface area (Å²) in [5, 5.41) is 0.